The molecule has 0 bridgehead atoms. The first-order chi connectivity index (χ1) is 21.0. The van der Waals surface area contributed by atoms with Gasteiger partial charge in [-0.2, -0.15) is 0 Å². The summed E-state index contributed by atoms with van der Waals surface area (Å²) in [6.07, 6.45) is 3.97. The van der Waals surface area contributed by atoms with Crippen LogP contribution >= 0.6 is 0 Å². The van der Waals surface area contributed by atoms with Crippen molar-refractivity contribution in [3.8, 4) is 0 Å². The van der Waals surface area contributed by atoms with Gasteiger partial charge in [-0.25, -0.2) is 0 Å². The third kappa shape index (κ3) is 12.7. The molecule has 0 saturated carbocycles. The summed E-state index contributed by atoms with van der Waals surface area (Å²) in [5.74, 6) is 0. The van der Waals surface area contributed by atoms with E-state index in [2.05, 4.69) is 77.9 Å². The summed E-state index contributed by atoms with van der Waals surface area (Å²) >= 11 is 0. The molecule has 0 aliphatic carbocycles. The first-order valence-corrected chi connectivity index (χ1v) is 18.0. The molecule has 3 fully saturated rings. The van der Waals surface area contributed by atoms with Gasteiger partial charge in [-0.3, -0.25) is 19.6 Å². The molecule has 3 saturated heterocycles. The topological polar surface area (TPSA) is 47.1 Å². The van der Waals surface area contributed by atoms with Gasteiger partial charge >= 0.3 is 0 Å². The summed E-state index contributed by atoms with van der Waals surface area (Å²) in [6.45, 7) is 36.2. The Bertz CT molecular complexity index is 762. The summed E-state index contributed by atoms with van der Waals surface area (Å²) in [5, 5.41) is 0. The number of hydrogen-bond donors (Lipinski definition) is 0. The van der Waals surface area contributed by atoms with Crippen molar-refractivity contribution in [2.45, 2.75) is 91.6 Å². The third-order valence-electron chi connectivity index (χ3n) is 10.9. The molecular weight excluding hydrogens is 552 g/mol. The van der Waals surface area contributed by atoms with Crippen LogP contribution in [0.15, 0.2) is 0 Å². The molecule has 9 heteroatoms. The molecule has 3 unspecified atom stereocenters. The highest BCUT2D eigenvalue weighted by atomic mass is 16.5. The van der Waals surface area contributed by atoms with Crippen molar-refractivity contribution in [1.29, 1.82) is 0 Å². The molecule has 3 aliphatic heterocycles. The van der Waals surface area contributed by atoms with Gasteiger partial charge in [-0.1, -0.05) is 27.7 Å². The van der Waals surface area contributed by atoms with E-state index in [1.807, 2.05) is 14.2 Å². The third-order valence-corrected chi connectivity index (χ3v) is 10.9. The van der Waals surface area contributed by atoms with Crippen LogP contribution in [0.2, 0.25) is 0 Å². The molecule has 0 spiro atoms. The van der Waals surface area contributed by atoms with Crippen LogP contribution in [0.3, 0.4) is 0 Å². The summed E-state index contributed by atoms with van der Waals surface area (Å²) in [5.41, 5.74) is -0.0124. The SMILES string of the molecule is CCN1CCN(CC(OC)C(C)(C)CCC(CCOC(C)(C)CN2CCN(CC)CC2)N2CCN(CC(C)OC)CC2)CC1. The lowest BCUT2D eigenvalue weighted by Gasteiger charge is -2.43. The summed E-state index contributed by atoms with van der Waals surface area (Å²) in [4.78, 5) is 15.7. The molecule has 0 aromatic rings. The van der Waals surface area contributed by atoms with Crippen LogP contribution in [-0.2, 0) is 14.2 Å². The van der Waals surface area contributed by atoms with E-state index in [1.165, 1.54) is 32.6 Å². The molecule has 0 N–H and O–H groups in total. The van der Waals surface area contributed by atoms with Crippen LogP contribution in [0, 0.1) is 5.41 Å². The van der Waals surface area contributed by atoms with Gasteiger partial charge in [0.25, 0.3) is 0 Å². The van der Waals surface area contributed by atoms with E-state index in [4.69, 9.17) is 14.2 Å². The van der Waals surface area contributed by atoms with Gasteiger partial charge in [0, 0.05) is 125 Å². The number of likely N-dealkylation sites (N-methyl/N-ethyl adjacent to an activating group) is 2. The van der Waals surface area contributed by atoms with Crippen molar-refractivity contribution in [3.63, 3.8) is 0 Å². The van der Waals surface area contributed by atoms with E-state index in [-0.39, 0.29) is 23.2 Å². The highest BCUT2D eigenvalue weighted by Crippen LogP contribution is 2.32. The Balaban J connectivity index is 1.55. The first kappa shape index (κ1) is 38.1. The maximum atomic E-state index is 6.67. The van der Waals surface area contributed by atoms with Gasteiger partial charge in [0.1, 0.15) is 0 Å². The monoisotopic (exact) mass is 625 g/mol. The zero-order valence-corrected chi connectivity index (χ0v) is 30.5. The molecule has 9 nitrogen and oxygen atoms in total. The first-order valence-electron chi connectivity index (χ1n) is 18.0. The minimum Gasteiger partial charge on any atom is -0.380 e. The largest absolute Gasteiger partial charge is 0.380 e. The Morgan fingerprint density at radius 2 is 1.11 bits per heavy atom. The van der Waals surface area contributed by atoms with E-state index in [0.717, 1.165) is 105 Å². The molecular formula is C35H72N6O3. The average molecular weight is 625 g/mol. The zero-order valence-electron chi connectivity index (χ0n) is 30.5. The predicted octanol–water partition coefficient (Wildman–Crippen LogP) is 3.29. The lowest BCUT2D eigenvalue weighted by atomic mass is 9.79. The lowest BCUT2D eigenvalue weighted by molar-refractivity contribution is -0.0582. The van der Waals surface area contributed by atoms with Gasteiger partial charge in [0.15, 0.2) is 0 Å². The van der Waals surface area contributed by atoms with Crippen LogP contribution in [0.5, 0.6) is 0 Å². The fourth-order valence-corrected chi connectivity index (χ4v) is 7.44. The standard InChI is InChI=1S/C35H72N6O3/c1-10-36-15-19-39(20-16-36)29-33(43-9)34(4,5)14-12-32(41-25-23-38(24-26-41)28-31(3)42-8)13-27-44-35(6,7)30-40-21-17-37(11-2)18-22-40/h31-33H,10-30H2,1-9H3. The van der Waals surface area contributed by atoms with Crippen molar-refractivity contribution < 1.29 is 14.2 Å². The average Bonchev–Trinajstić information content (AvgIpc) is 3.02. The van der Waals surface area contributed by atoms with Crippen molar-refractivity contribution in [2.75, 3.05) is 132 Å². The molecule has 44 heavy (non-hydrogen) atoms. The van der Waals surface area contributed by atoms with Crippen LogP contribution in [-0.4, -0.2) is 185 Å². The van der Waals surface area contributed by atoms with Crippen molar-refractivity contribution in [2.24, 2.45) is 5.41 Å². The highest BCUT2D eigenvalue weighted by molar-refractivity contribution is 4.88. The highest BCUT2D eigenvalue weighted by Gasteiger charge is 2.34. The molecule has 0 aromatic heterocycles. The number of piperazine rings is 3. The number of ether oxygens (including phenoxy) is 3. The Morgan fingerprint density at radius 3 is 1.64 bits per heavy atom. The molecule has 3 rings (SSSR count). The smallest absolute Gasteiger partial charge is 0.0752 e. The van der Waals surface area contributed by atoms with E-state index < -0.39 is 0 Å². The summed E-state index contributed by atoms with van der Waals surface area (Å²) in [7, 11) is 3.74. The quantitative estimate of drug-likeness (QED) is 0.216. The molecule has 3 heterocycles. The van der Waals surface area contributed by atoms with E-state index in [9.17, 15) is 0 Å². The van der Waals surface area contributed by atoms with Crippen molar-refractivity contribution in [1.82, 2.24) is 29.4 Å². The van der Waals surface area contributed by atoms with Gasteiger partial charge in [0.05, 0.1) is 17.8 Å². The Morgan fingerprint density at radius 1 is 0.614 bits per heavy atom. The van der Waals surface area contributed by atoms with Crippen molar-refractivity contribution >= 4 is 0 Å². The van der Waals surface area contributed by atoms with Gasteiger partial charge in [-0.05, 0) is 58.5 Å². The van der Waals surface area contributed by atoms with Crippen molar-refractivity contribution in [3.05, 3.63) is 0 Å². The lowest BCUT2D eigenvalue weighted by Crippen LogP contribution is -2.53. The minimum absolute atomic E-state index is 0.116. The molecule has 3 atom stereocenters. The number of rotatable bonds is 19. The van der Waals surface area contributed by atoms with E-state index in [1.54, 1.807) is 0 Å². The Kier molecular flexibility index (Phi) is 16.3. The Labute approximate surface area is 272 Å². The zero-order chi connectivity index (χ0) is 32.2. The fourth-order valence-electron chi connectivity index (χ4n) is 7.44. The fraction of sp³-hybridized carbons (Fsp3) is 1.00. The predicted molar refractivity (Wildman–Crippen MR) is 184 cm³/mol. The normalized spacial score (nSPS) is 23.7. The number of nitrogens with zero attached hydrogens (tertiary/aromatic N) is 6. The molecule has 3 aliphatic rings. The van der Waals surface area contributed by atoms with Crippen LogP contribution in [0.4, 0.5) is 0 Å². The van der Waals surface area contributed by atoms with Gasteiger partial charge in [0.2, 0.25) is 0 Å². The maximum Gasteiger partial charge on any atom is 0.0752 e. The van der Waals surface area contributed by atoms with Crippen LogP contribution in [0.25, 0.3) is 0 Å². The van der Waals surface area contributed by atoms with E-state index in [0.29, 0.717) is 6.04 Å². The van der Waals surface area contributed by atoms with Crippen LogP contribution < -0.4 is 0 Å². The summed E-state index contributed by atoms with van der Waals surface area (Å²) in [6, 6.07) is 0.533. The minimum atomic E-state index is -0.129. The van der Waals surface area contributed by atoms with Gasteiger partial charge < -0.3 is 24.0 Å². The number of hydrogen-bond acceptors (Lipinski definition) is 9. The molecule has 0 radical (unpaired) electrons. The Hall–Kier alpha value is -0.360. The van der Waals surface area contributed by atoms with E-state index >= 15 is 0 Å². The maximum absolute atomic E-state index is 6.67. The second kappa shape index (κ2) is 18.8. The van der Waals surface area contributed by atoms with Crippen LogP contribution in [0.1, 0.15) is 67.7 Å². The molecule has 260 valence electrons. The van der Waals surface area contributed by atoms with Gasteiger partial charge in [-0.15, -0.1) is 0 Å². The second-order valence-electron chi connectivity index (χ2n) is 15.1. The number of methoxy groups -OCH3 is 2. The summed E-state index contributed by atoms with van der Waals surface area (Å²) < 4.78 is 18.4. The second-order valence-corrected chi connectivity index (χ2v) is 15.1. The molecule has 0 aromatic carbocycles. The molecule has 0 amide bonds.